The third kappa shape index (κ3) is 7.26. The van der Waals surface area contributed by atoms with Crippen LogP contribution in [0.3, 0.4) is 0 Å². The van der Waals surface area contributed by atoms with E-state index in [1.807, 2.05) is 0 Å². The number of rotatable bonds is 6. The molecule has 0 bridgehead atoms. The van der Waals surface area contributed by atoms with Gasteiger partial charge in [-0.15, -0.1) is 0 Å². The predicted octanol–water partition coefficient (Wildman–Crippen LogP) is -1.45. The maximum Gasteiger partial charge on any atom is 0.331 e. The van der Waals surface area contributed by atoms with E-state index in [0.717, 1.165) is 12.2 Å². The van der Waals surface area contributed by atoms with Gasteiger partial charge in [-0.1, -0.05) is 0 Å². The monoisotopic (exact) mass is 202 g/mol. The van der Waals surface area contributed by atoms with Crippen LogP contribution in [-0.4, -0.2) is 38.2 Å². The summed E-state index contributed by atoms with van der Waals surface area (Å²) in [6.45, 7) is 0.746. The van der Waals surface area contributed by atoms with Gasteiger partial charge in [0, 0.05) is 25.2 Å². The van der Waals surface area contributed by atoms with Crippen LogP contribution in [0.15, 0.2) is 12.2 Å². The van der Waals surface area contributed by atoms with Crippen molar-refractivity contribution in [2.45, 2.75) is 0 Å². The summed E-state index contributed by atoms with van der Waals surface area (Å²) in [6.07, 6.45) is 1.96. The fraction of sp³-hybridized carbons (Fsp3) is 0.500. The Morgan fingerprint density at radius 1 is 0.929 bits per heavy atom. The minimum absolute atomic E-state index is 0.126. The summed E-state index contributed by atoms with van der Waals surface area (Å²) in [5, 5.41) is 0. The Morgan fingerprint density at radius 3 is 1.57 bits per heavy atom. The molecule has 4 N–H and O–H groups in total. The van der Waals surface area contributed by atoms with E-state index < -0.39 is 11.9 Å². The topological polar surface area (TPSA) is 105 Å². The Kier molecular flexibility index (Phi) is 7.39. The van der Waals surface area contributed by atoms with Crippen LogP contribution in [-0.2, 0) is 19.1 Å². The van der Waals surface area contributed by atoms with Crippen molar-refractivity contribution in [1.82, 2.24) is 0 Å². The maximum atomic E-state index is 10.8. The Balaban J connectivity index is 3.68. The lowest BCUT2D eigenvalue weighted by Gasteiger charge is -1.98. The summed E-state index contributed by atoms with van der Waals surface area (Å²) in [4.78, 5) is 21.6. The first kappa shape index (κ1) is 12.6. The average Bonchev–Trinajstić information content (AvgIpc) is 2.20. The van der Waals surface area contributed by atoms with Crippen molar-refractivity contribution in [1.29, 1.82) is 0 Å². The molecule has 6 heteroatoms. The first-order chi connectivity index (χ1) is 6.70. The van der Waals surface area contributed by atoms with Crippen LogP contribution in [0.4, 0.5) is 0 Å². The van der Waals surface area contributed by atoms with Crippen LogP contribution >= 0.6 is 0 Å². The molecule has 0 aromatic rings. The molecule has 0 fully saturated rings. The summed E-state index contributed by atoms with van der Waals surface area (Å²) in [5.41, 5.74) is 10.2. The number of hydrogen-bond donors (Lipinski definition) is 2. The molecule has 0 aromatic heterocycles. The molecule has 0 heterocycles. The quantitative estimate of drug-likeness (QED) is 0.403. The number of ether oxygens (including phenoxy) is 2. The first-order valence-corrected chi connectivity index (χ1v) is 4.12. The summed E-state index contributed by atoms with van der Waals surface area (Å²) < 4.78 is 9.13. The second-order valence-corrected chi connectivity index (χ2v) is 2.25. The third-order valence-corrected chi connectivity index (χ3v) is 1.08. The Hall–Kier alpha value is -1.40. The molecule has 0 amide bonds. The van der Waals surface area contributed by atoms with Crippen molar-refractivity contribution in [2.75, 3.05) is 26.3 Å². The lowest BCUT2D eigenvalue weighted by Crippen LogP contribution is -2.13. The van der Waals surface area contributed by atoms with Crippen molar-refractivity contribution in [2.24, 2.45) is 11.5 Å². The van der Waals surface area contributed by atoms with E-state index in [1.54, 1.807) is 0 Å². The minimum atomic E-state index is -0.625. The number of esters is 2. The second kappa shape index (κ2) is 8.21. The maximum absolute atomic E-state index is 10.8. The fourth-order valence-corrected chi connectivity index (χ4v) is 0.551. The number of nitrogens with two attached hydrogens (primary N) is 2. The van der Waals surface area contributed by atoms with Gasteiger partial charge in [-0.25, -0.2) is 9.59 Å². The van der Waals surface area contributed by atoms with E-state index in [-0.39, 0.29) is 26.3 Å². The van der Waals surface area contributed by atoms with Crippen molar-refractivity contribution in [3.05, 3.63) is 12.2 Å². The van der Waals surface area contributed by atoms with Gasteiger partial charge in [-0.3, -0.25) is 0 Å². The first-order valence-electron chi connectivity index (χ1n) is 4.12. The molecule has 0 aliphatic heterocycles. The van der Waals surface area contributed by atoms with Crippen molar-refractivity contribution in [3.63, 3.8) is 0 Å². The zero-order valence-electron chi connectivity index (χ0n) is 7.77. The van der Waals surface area contributed by atoms with E-state index in [4.69, 9.17) is 11.5 Å². The molecule has 80 valence electrons. The molecule has 0 unspecified atom stereocenters. The molecule has 6 nitrogen and oxygen atoms in total. The molecule has 0 saturated carbocycles. The Morgan fingerprint density at radius 2 is 1.29 bits per heavy atom. The number of carbonyl (C=O) groups is 2. The van der Waals surface area contributed by atoms with Crippen LogP contribution in [0.1, 0.15) is 0 Å². The minimum Gasteiger partial charge on any atom is -0.461 e. The van der Waals surface area contributed by atoms with E-state index in [0.29, 0.717) is 0 Å². The van der Waals surface area contributed by atoms with Gasteiger partial charge in [0.2, 0.25) is 0 Å². The van der Waals surface area contributed by atoms with Crippen LogP contribution in [0.25, 0.3) is 0 Å². The SMILES string of the molecule is NCCOC(=O)/C=C/C(=O)OCCN. The zero-order chi connectivity index (χ0) is 10.8. The van der Waals surface area contributed by atoms with Crippen molar-refractivity contribution < 1.29 is 19.1 Å². The highest BCUT2D eigenvalue weighted by Gasteiger charge is 1.99. The molecule has 0 aliphatic carbocycles. The van der Waals surface area contributed by atoms with E-state index in [9.17, 15) is 9.59 Å². The van der Waals surface area contributed by atoms with Crippen molar-refractivity contribution >= 4 is 11.9 Å². The van der Waals surface area contributed by atoms with Gasteiger partial charge in [0.05, 0.1) is 0 Å². The lowest BCUT2D eigenvalue weighted by atomic mass is 10.5. The van der Waals surface area contributed by atoms with Crippen LogP contribution in [0.2, 0.25) is 0 Å². The van der Waals surface area contributed by atoms with Gasteiger partial charge < -0.3 is 20.9 Å². The molecule has 0 aliphatic rings. The summed E-state index contributed by atoms with van der Waals surface area (Å²) in [7, 11) is 0. The Labute approximate surface area is 81.8 Å². The van der Waals surface area contributed by atoms with E-state index in [2.05, 4.69) is 9.47 Å². The molecular formula is C8H14N2O4. The van der Waals surface area contributed by atoms with Crippen molar-refractivity contribution in [3.8, 4) is 0 Å². The normalized spacial score (nSPS) is 10.1. The van der Waals surface area contributed by atoms with Gasteiger partial charge in [-0.2, -0.15) is 0 Å². The van der Waals surface area contributed by atoms with Gasteiger partial charge in [0.1, 0.15) is 13.2 Å². The number of hydrogen-bond acceptors (Lipinski definition) is 6. The van der Waals surface area contributed by atoms with Crippen LogP contribution in [0, 0.1) is 0 Å². The standard InChI is InChI=1S/C8H14N2O4/c9-3-5-13-7(11)1-2-8(12)14-6-4-10/h1-2H,3-6,9-10H2/b2-1+. The molecule has 0 atom stereocenters. The fourth-order valence-electron chi connectivity index (χ4n) is 0.551. The molecule has 0 radical (unpaired) electrons. The van der Waals surface area contributed by atoms with E-state index in [1.165, 1.54) is 0 Å². The Bertz CT molecular complexity index is 193. The molecule has 14 heavy (non-hydrogen) atoms. The highest BCUT2D eigenvalue weighted by molar-refractivity contribution is 5.91. The van der Waals surface area contributed by atoms with Crippen LogP contribution < -0.4 is 11.5 Å². The zero-order valence-corrected chi connectivity index (χ0v) is 7.77. The largest absolute Gasteiger partial charge is 0.461 e. The number of carbonyl (C=O) groups excluding carboxylic acids is 2. The highest BCUT2D eigenvalue weighted by atomic mass is 16.5. The predicted molar refractivity (Wildman–Crippen MR) is 49.2 cm³/mol. The molecule has 0 aromatic carbocycles. The highest BCUT2D eigenvalue weighted by Crippen LogP contribution is 1.84. The summed E-state index contributed by atoms with van der Waals surface area (Å²) >= 11 is 0. The van der Waals surface area contributed by atoms with Gasteiger partial charge >= 0.3 is 11.9 Å². The molecule has 0 spiro atoms. The van der Waals surface area contributed by atoms with Gasteiger partial charge in [0.25, 0.3) is 0 Å². The average molecular weight is 202 g/mol. The van der Waals surface area contributed by atoms with E-state index >= 15 is 0 Å². The summed E-state index contributed by atoms with van der Waals surface area (Å²) in [6, 6.07) is 0. The lowest BCUT2D eigenvalue weighted by molar-refractivity contribution is -0.140. The molecule has 0 rings (SSSR count). The van der Waals surface area contributed by atoms with Crippen LogP contribution in [0.5, 0.6) is 0 Å². The summed E-state index contributed by atoms with van der Waals surface area (Å²) in [5.74, 6) is -1.25. The third-order valence-electron chi connectivity index (χ3n) is 1.08. The van der Waals surface area contributed by atoms with Gasteiger partial charge in [0.15, 0.2) is 0 Å². The molecule has 0 saturated heterocycles. The molecular weight excluding hydrogens is 188 g/mol. The second-order valence-electron chi connectivity index (χ2n) is 2.25. The smallest absolute Gasteiger partial charge is 0.331 e. The van der Waals surface area contributed by atoms with Gasteiger partial charge in [-0.05, 0) is 0 Å².